The minimum absolute atomic E-state index is 0.0343. The van der Waals surface area contributed by atoms with Crippen LogP contribution >= 0.6 is 0 Å². The highest BCUT2D eigenvalue weighted by Gasteiger charge is 2.65. The lowest BCUT2D eigenvalue weighted by atomic mass is 9.91. The van der Waals surface area contributed by atoms with Crippen molar-refractivity contribution in [3.8, 4) is 0 Å². The molecule has 8 heteroatoms. The predicted molar refractivity (Wildman–Crippen MR) is 100 cm³/mol. The summed E-state index contributed by atoms with van der Waals surface area (Å²) in [5, 5.41) is 10.3. The van der Waals surface area contributed by atoms with Crippen LogP contribution in [0.5, 0.6) is 0 Å². The fourth-order valence-corrected chi connectivity index (χ4v) is 4.19. The van der Waals surface area contributed by atoms with E-state index in [4.69, 9.17) is 5.73 Å². The first kappa shape index (κ1) is 19.1. The van der Waals surface area contributed by atoms with E-state index in [0.717, 1.165) is 17.0 Å². The summed E-state index contributed by atoms with van der Waals surface area (Å²) in [7, 11) is 0. The Kier molecular flexibility index (Phi) is 4.21. The summed E-state index contributed by atoms with van der Waals surface area (Å²) >= 11 is 0. The van der Waals surface area contributed by atoms with Gasteiger partial charge in [0.25, 0.3) is 0 Å². The van der Waals surface area contributed by atoms with Gasteiger partial charge in [-0.25, -0.2) is 9.97 Å². The molecule has 28 heavy (non-hydrogen) atoms. The van der Waals surface area contributed by atoms with E-state index in [2.05, 4.69) is 9.97 Å². The molecule has 1 fully saturated rings. The van der Waals surface area contributed by atoms with Crippen LogP contribution in [0.2, 0.25) is 0 Å². The van der Waals surface area contributed by atoms with Crippen LogP contribution in [-0.4, -0.2) is 31.9 Å². The quantitative estimate of drug-likeness (QED) is 0.837. The maximum absolute atomic E-state index is 13.5. The highest BCUT2D eigenvalue weighted by molar-refractivity contribution is 5.83. The zero-order valence-corrected chi connectivity index (χ0v) is 16.0. The largest absolute Gasteiger partial charge is 0.400 e. The summed E-state index contributed by atoms with van der Waals surface area (Å²) in [5.41, 5.74) is 8.17. The Morgan fingerprint density at radius 2 is 2.00 bits per heavy atom. The van der Waals surface area contributed by atoms with E-state index in [1.807, 2.05) is 31.4 Å². The van der Waals surface area contributed by atoms with Crippen LogP contribution in [0.1, 0.15) is 43.6 Å². The fraction of sp³-hybridized carbons (Fsp3) is 0.500. The van der Waals surface area contributed by atoms with Gasteiger partial charge in [-0.3, -0.25) is 0 Å². The molecule has 0 radical (unpaired) electrons. The molecule has 0 amide bonds. The second kappa shape index (κ2) is 6.15. The lowest BCUT2D eigenvalue weighted by Gasteiger charge is -2.27. The Balaban J connectivity index is 1.96. The number of aromatic nitrogens is 3. The van der Waals surface area contributed by atoms with Crippen molar-refractivity contribution in [2.24, 2.45) is 11.7 Å². The molecule has 1 saturated carbocycles. The van der Waals surface area contributed by atoms with Crippen LogP contribution in [0.25, 0.3) is 16.9 Å². The lowest BCUT2D eigenvalue weighted by Crippen LogP contribution is -2.29. The molecule has 150 valence electrons. The summed E-state index contributed by atoms with van der Waals surface area (Å²) in [6, 6.07) is 0. The number of allylic oxidation sites excluding steroid dienone is 2. The van der Waals surface area contributed by atoms with Gasteiger partial charge in [0.15, 0.2) is 5.65 Å². The number of halogens is 3. The monoisotopic (exact) mass is 392 g/mol. The summed E-state index contributed by atoms with van der Waals surface area (Å²) in [6.07, 6.45) is -0.101. The van der Waals surface area contributed by atoms with Crippen LogP contribution < -0.4 is 5.73 Å². The third kappa shape index (κ3) is 2.54. The number of hydrogen-bond acceptors (Lipinski definition) is 4. The number of aliphatic hydroxyl groups excluding tert-OH is 1. The lowest BCUT2D eigenvalue weighted by molar-refractivity contribution is -0.161. The van der Waals surface area contributed by atoms with Gasteiger partial charge in [-0.05, 0) is 32.3 Å². The Bertz CT molecular complexity index is 1010. The van der Waals surface area contributed by atoms with Gasteiger partial charge in [0.1, 0.15) is 10.9 Å². The highest BCUT2D eigenvalue weighted by atomic mass is 19.4. The Labute approximate surface area is 160 Å². The molecule has 0 aliphatic heterocycles. The van der Waals surface area contributed by atoms with Crippen LogP contribution in [0.3, 0.4) is 0 Å². The van der Waals surface area contributed by atoms with Crippen molar-refractivity contribution < 1.29 is 18.3 Å². The van der Waals surface area contributed by atoms with E-state index < -0.39 is 17.7 Å². The van der Waals surface area contributed by atoms with Gasteiger partial charge in [-0.15, -0.1) is 0 Å². The minimum Gasteiger partial charge on any atom is -0.388 e. The van der Waals surface area contributed by atoms with Crippen molar-refractivity contribution in [3.05, 3.63) is 40.9 Å². The van der Waals surface area contributed by atoms with E-state index in [1.165, 1.54) is 6.20 Å². The van der Waals surface area contributed by atoms with E-state index in [1.54, 1.807) is 6.08 Å². The van der Waals surface area contributed by atoms with Crippen molar-refractivity contribution in [2.75, 3.05) is 0 Å². The second-order valence-corrected chi connectivity index (χ2v) is 7.82. The van der Waals surface area contributed by atoms with Crippen molar-refractivity contribution in [1.29, 1.82) is 0 Å². The molecule has 3 N–H and O–H groups in total. The summed E-state index contributed by atoms with van der Waals surface area (Å²) < 4.78 is 42.5. The zero-order chi connectivity index (χ0) is 20.4. The molecule has 2 heterocycles. The third-order valence-corrected chi connectivity index (χ3v) is 6.14. The predicted octanol–water partition coefficient (Wildman–Crippen LogP) is 3.59. The molecule has 2 unspecified atom stereocenters. The van der Waals surface area contributed by atoms with Crippen molar-refractivity contribution in [2.45, 2.75) is 57.9 Å². The molecule has 0 bridgehead atoms. The van der Waals surface area contributed by atoms with Crippen molar-refractivity contribution >= 4 is 16.9 Å². The van der Waals surface area contributed by atoms with Crippen LogP contribution in [0.4, 0.5) is 13.2 Å². The maximum atomic E-state index is 13.5. The molecule has 0 spiro atoms. The van der Waals surface area contributed by atoms with Gasteiger partial charge in [0, 0.05) is 29.4 Å². The first-order valence-corrected chi connectivity index (χ1v) is 9.34. The fourth-order valence-electron chi connectivity index (χ4n) is 4.19. The number of nitrogens with zero attached hydrogens (tertiary/aromatic N) is 3. The van der Waals surface area contributed by atoms with Gasteiger partial charge < -0.3 is 15.4 Å². The standard InChI is InChI=1S/C20H23F3N4O/c1-10-4-5-14(28)11(2)17(10)27-12(3)13(8-24)16-18(27)25-9-15(26-16)19(6-7-19)20(21,22)23/h4-5,9,11,14,28H,6-8,24H2,1-3H3. The molecule has 2 aromatic heterocycles. The van der Waals surface area contributed by atoms with E-state index in [9.17, 15) is 18.3 Å². The number of rotatable bonds is 3. The van der Waals surface area contributed by atoms with Crippen LogP contribution in [0.15, 0.2) is 23.9 Å². The molecule has 2 atom stereocenters. The number of nitrogens with two attached hydrogens (primary N) is 1. The third-order valence-electron chi connectivity index (χ3n) is 6.14. The first-order chi connectivity index (χ1) is 13.1. The maximum Gasteiger partial charge on any atom is 0.400 e. The smallest absolute Gasteiger partial charge is 0.388 e. The topological polar surface area (TPSA) is 77.0 Å². The van der Waals surface area contributed by atoms with Crippen LogP contribution in [0, 0.1) is 12.8 Å². The number of aliphatic hydroxyl groups is 1. The van der Waals surface area contributed by atoms with Crippen molar-refractivity contribution in [1.82, 2.24) is 14.5 Å². The first-order valence-electron chi connectivity index (χ1n) is 9.34. The van der Waals surface area contributed by atoms with Gasteiger partial charge >= 0.3 is 6.18 Å². The van der Waals surface area contributed by atoms with Crippen LogP contribution in [-0.2, 0) is 12.0 Å². The van der Waals surface area contributed by atoms with E-state index in [-0.39, 0.29) is 31.0 Å². The average Bonchev–Trinajstić information content (AvgIpc) is 3.40. The Morgan fingerprint density at radius 3 is 2.57 bits per heavy atom. The second-order valence-electron chi connectivity index (χ2n) is 7.82. The molecular formula is C20H23F3N4O. The van der Waals surface area contributed by atoms with E-state index in [0.29, 0.717) is 16.7 Å². The molecule has 2 aliphatic carbocycles. The molecule has 4 rings (SSSR count). The number of hydrogen-bond donors (Lipinski definition) is 2. The summed E-state index contributed by atoms with van der Waals surface area (Å²) in [6.45, 7) is 5.85. The number of alkyl halides is 3. The van der Waals surface area contributed by atoms with Gasteiger partial charge in [0.2, 0.25) is 0 Å². The molecule has 2 aromatic rings. The molecule has 2 aliphatic rings. The molecule has 5 nitrogen and oxygen atoms in total. The Morgan fingerprint density at radius 1 is 1.32 bits per heavy atom. The normalized spacial score (nSPS) is 24.3. The van der Waals surface area contributed by atoms with Gasteiger partial charge in [-0.1, -0.05) is 19.1 Å². The minimum atomic E-state index is -4.35. The summed E-state index contributed by atoms with van der Waals surface area (Å²) in [4.78, 5) is 8.81. The molecule has 0 saturated heterocycles. The highest BCUT2D eigenvalue weighted by Crippen LogP contribution is 2.58. The SMILES string of the molecule is CC1=C(n2c(C)c(CN)c3nc(C4(C(F)(F)F)CC4)cnc32)C(C)C(O)C=C1. The molecule has 0 aromatic carbocycles. The van der Waals surface area contributed by atoms with Crippen molar-refractivity contribution in [3.63, 3.8) is 0 Å². The summed E-state index contributed by atoms with van der Waals surface area (Å²) in [5.74, 6) is -0.198. The van der Waals surface area contributed by atoms with Gasteiger partial charge in [0.05, 0.1) is 18.0 Å². The average molecular weight is 392 g/mol. The number of fused-ring (bicyclic) bond motifs is 1. The van der Waals surface area contributed by atoms with E-state index >= 15 is 0 Å². The zero-order valence-electron chi connectivity index (χ0n) is 16.0. The Hall–Kier alpha value is -2.19. The molecular weight excluding hydrogens is 369 g/mol. The van der Waals surface area contributed by atoms with Gasteiger partial charge in [-0.2, -0.15) is 13.2 Å².